The van der Waals surface area contributed by atoms with Gasteiger partial charge in [-0.3, -0.25) is 4.79 Å². The summed E-state index contributed by atoms with van der Waals surface area (Å²) >= 11 is 0. The molecule has 0 aromatic heterocycles. The Balaban J connectivity index is 2.54. The minimum absolute atomic E-state index is 0.0694. The topological polar surface area (TPSA) is 86.6 Å². The predicted octanol–water partition coefficient (Wildman–Crippen LogP) is -2.06. The largest absolute Gasteiger partial charge is 0.369 e. The maximum Gasteiger partial charge on any atom is 0.264 e. The second-order valence-corrected chi connectivity index (χ2v) is 2.05. The van der Waals surface area contributed by atoms with Crippen molar-refractivity contribution in [2.75, 3.05) is 0 Å². The maximum absolute atomic E-state index is 10.3. The number of rotatable bonds is 2. The summed E-state index contributed by atoms with van der Waals surface area (Å²) < 4.78 is 0. The molecule has 5 nitrogen and oxygen atoms in total. The van der Waals surface area contributed by atoms with Gasteiger partial charge in [-0.15, -0.1) is 0 Å². The van der Waals surface area contributed by atoms with E-state index in [0.29, 0.717) is 0 Å². The van der Waals surface area contributed by atoms with E-state index >= 15 is 0 Å². The lowest BCUT2D eigenvalue weighted by Gasteiger charge is -2.00. The summed E-state index contributed by atoms with van der Waals surface area (Å²) in [5.41, 5.74) is 4.73. The highest BCUT2D eigenvalue weighted by Crippen LogP contribution is 2.27. The van der Waals surface area contributed by atoms with Crippen LogP contribution in [0.4, 0.5) is 0 Å². The van der Waals surface area contributed by atoms with E-state index in [9.17, 15) is 4.79 Å². The van der Waals surface area contributed by atoms with Gasteiger partial charge in [0.2, 0.25) is 0 Å². The van der Waals surface area contributed by atoms with Gasteiger partial charge in [-0.25, -0.2) is 0 Å². The van der Waals surface area contributed by atoms with Crippen molar-refractivity contribution >= 4 is 5.91 Å². The molecule has 1 aliphatic rings. The molecule has 0 saturated carbocycles. The van der Waals surface area contributed by atoms with Gasteiger partial charge < -0.3 is 20.8 Å². The van der Waals surface area contributed by atoms with Gasteiger partial charge in [-0.05, 0) is 0 Å². The molecule has 4 N–H and O–H groups in total. The number of primary amides is 1. The minimum Gasteiger partial charge on any atom is -0.369 e. The molecule has 0 radical (unpaired) electrons. The lowest BCUT2D eigenvalue weighted by molar-refractivity contribution is -0.115. The summed E-state index contributed by atoms with van der Waals surface area (Å²) in [5, 5.41) is 17.4. The predicted molar refractivity (Wildman–Crippen MR) is 32.2 cm³/mol. The van der Waals surface area contributed by atoms with Gasteiger partial charge in [-0.1, -0.05) is 6.58 Å². The second kappa shape index (κ2) is 1.96. The van der Waals surface area contributed by atoms with Crippen LogP contribution in [0.5, 0.6) is 0 Å². The third kappa shape index (κ3) is 0.850. The summed E-state index contributed by atoms with van der Waals surface area (Å²) in [6.07, 6.45) is -2.03. The van der Waals surface area contributed by atoms with Crippen LogP contribution in [0.25, 0.3) is 0 Å². The summed E-state index contributed by atoms with van der Waals surface area (Å²) in [6, 6.07) is 0. The van der Waals surface area contributed by atoms with Crippen LogP contribution >= 0.6 is 0 Å². The van der Waals surface area contributed by atoms with Crippen molar-refractivity contribution in [2.24, 2.45) is 5.73 Å². The van der Waals surface area contributed by atoms with Crippen LogP contribution in [0.15, 0.2) is 12.3 Å². The van der Waals surface area contributed by atoms with Gasteiger partial charge >= 0.3 is 0 Å². The number of carbonyl (C=O) groups is 1. The first-order valence-electron chi connectivity index (χ1n) is 2.69. The molecule has 2 atom stereocenters. The van der Waals surface area contributed by atoms with Crippen LogP contribution < -0.4 is 5.73 Å². The highest BCUT2D eigenvalue weighted by molar-refractivity contribution is 5.91. The molecule has 0 aromatic rings. The van der Waals surface area contributed by atoms with Crippen LogP contribution in [-0.4, -0.2) is 33.5 Å². The molecular weight excluding hydrogens is 136 g/mol. The summed E-state index contributed by atoms with van der Waals surface area (Å²) in [4.78, 5) is 11.3. The molecule has 56 valence electrons. The van der Waals surface area contributed by atoms with E-state index in [-0.39, 0.29) is 5.70 Å². The number of nitrogens with zero attached hydrogens (tertiary/aromatic N) is 1. The average Bonchev–Trinajstić information content (AvgIpc) is 2.40. The van der Waals surface area contributed by atoms with Crippen LogP contribution in [0, 0.1) is 0 Å². The Labute approximate surface area is 57.4 Å². The molecule has 1 heterocycles. The normalized spacial score (nSPS) is 30.0. The van der Waals surface area contributed by atoms with Crippen molar-refractivity contribution in [3.8, 4) is 0 Å². The Hall–Kier alpha value is -1.07. The highest BCUT2D eigenvalue weighted by atomic mass is 16.4. The standard InChI is InChI=1S/C5H8N2O3/c1-2(3(6)8)7-4(9)5(7)10/h4-5,9-10H,1H2,(H2,6,8). The van der Waals surface area contributed by atoms with E-state index in [1.165, 1.54) is 0 Å². The van der Waals surface area contributed by atoms with Gasteiger partial charge in [-0.2, -0.15) is 0 Å². The van der Waals surface area contributed by atoms with E-state index in [0.717, 1.165) is 4.90 Å². The molecule has 2 unspecified atom stereocenters. The first-order chi connectivity index (χ1) is 4.55. The summed E-state index contributed by atoms with van der Waals surface area (Å²) in [5.74, 6) is -0.740. The molecule has 1 aliphatic heterocycles. The van der Waals surface area contributed by atoms with Crippen molar-refractivity contribution < 1.29 is 15.0 Å². The number of hydrogen-bond acceptors (Lipinski definition) is 4. The fourth-order valence-corrected chi connectivity index (χ4v) is 0.653. The van der Waals surface area contributed by atoms with E-state index < -0.39 is 18.4 Å². The molecule has 0 aliphatic carbocycles. The highest BCUT2D eigenvalue weighted by Gasteiger charge is 2.47. The van der Waals surface area contributed by atoms with Crippen molar-refractivity contribution in [2.45, 2.75) is 12.5 Å². The monoisotopic (exact) mass is 144 g/mol. The van der Waals surface area contributed by atoms with Crippen LogP contribution in [0.3, 0.4) is 0 Å². The zero-order chi connectivity index (χ0) is 7.89. The van der Waals surface area contributed by atoms with Gasteiger partial charge in [0.15, 0.2) is 12.5 Å². The van der Waals surface area contributed by atoms with Crippen molar-refractivity contribution in [3.05, 3.63) is 12.3 Å². The smallest absolute Gasteiger partial charge is 0.264 e. The molecule has 1 amide bonds. The van der Waals surface area contributed by atoms with Crippen molar-refractivity contribution in [1.82, 2.24) is 4.90 Å². The SMILES string of the molecule is C=C(C(N)=O)N1C(O)C1O. The van der Waals surface area contributed by atoms with Gasteiger partial charge in [0.1, 0.15) is 0 Å². The van der Waals surface area contributed by atoms with Gasteiger partial charge in [0, 0.05) is 0 Å². The molecular formula is C5H8N2O3. The van der Waals surface area contributed by atoms with Crippen molar-refractivity contribution in [3.63, 3.8) is 0 Å². The Morgan fingerprint density at radius 1 is 1.50 bits per heavy atom. The quantitative estimate of drug-likeness (QED) is 0.307. The van der Waals surface area contributed by atoms with E-state index in [2.05, 4.69) is 6.58 Å². The third-order valence-corrected chi connectivity index (χ3v) is 1.34. The van der Waals surface area contributed by atoms with Crippen LogP contribution in [0.2, 0.25) is 0 Å². The molecule has 10 heavy (non-hydrogen) atoms. The van der Waals surface area contributed by atoms with Gasteiger partial charge in [0.05, 0.1) is 5.70 Å². The summed E-state index contributed by atoms with van der Waals surface area (Å²) in [7, 11) is 0. The molecule has 0 spiro atoms. The third-order valence-electron chi connectivity index (χ3n) is 1.34. The molecule has 5 heteroatoms. The maximum atomic E-state index is 10.3. The molecule has 0 bridgehead atoms. The zero-order valence-corrected chi connectivity index (χ0v) is 5.19. The molecule has 1 fully saturated rings. The van der Waals surface area contributed by atoms with Gasteiger partial charge in [0.25, 0.3) is 5.91 Å². The van der Waals surface area contributed by atoms with E-state index in [4.69, 9.17) is 15.9 Å². The van der Waals surface area contributed by atoms with Crippen molar-refractivity contribution in [1.29, 1.82) is 0 Å². The fraction of sp³-hybridized carbons (Fsp3) is 0.400. The Morgan fingerprint density at radius 2 is 1.90 bits per heavy atom. The zero-order valence-electron chi connectivity index (χ0n) is 5.19. The minimum atomic E-state index is -1.01. The lowest BCUT2D eigenvalue weighted by Crippen LogP contribution is -2.20. The number of carbonyl (C=O) groups excluding carboxylic acids is 1. The van der Waals surface area contributed by atoms with Crippen LogP contribution in [-0.2, 0) is 4.79 Å². The molecule has 0 aromatic carbocycles. The molecule has 1 rings (SSSR count). The number of amides is 1. The van der Waals surface area contributed by atoms with E-state index in [1.807, 2.05) is 0 Å². The number of nitrogens with two attached hydrogens (primary N) is 1. The average molecular weight is 144 g/mol. The fourth-order valence-electron chi connectivity index (χ4n) is 0.653. The van der Waals surface area contributed by atoms with Crippen LogP contribution in [0.1, 0.15) is 0 Å². The Morgan fingerprint density at radius 3 is 2.00 bits per heavy atom. The first kappa shape index (κ1) is 7.04. The second-order valence-electron chi connectivity index (χ2n) is 2.05. The summed E-state index contributed by atoms with van der Waals surface area (Å²) in [6.45, 7) is 3.25. The molecule has 1 saturated heterocycles. The van der Waals surface area contributed by atoms with E-state index in [1.54, 1.807) is 0 Å². The first-order valence-corrected chi connectivity index (χ1v) is 2.69. The Kier molecular flexibility index (Phi) is 1.38. The Bertz CT molecular complexity index is 183. The number of aliphatic hydroxyl groups is 2. The number of hydrogen-bond donors (Lipinski definition) is 3. The lowest BCUT2D eigenvalue weighted by atomic mass is 10.5. The number of aliphatic hydroxyl groups excluding tert-OH is 2.